The highest BCUT2D eigenvalue weighted by molar-refractivity contribution is 7.94. The Balaban J connectivity index is 1.91. The Labute approximate surface area is 130 Å². The highest BCUT2D eigenvalue weighted by atomic mass is 35.5. The van der Waals surface area contributed by atoms with E-state index in [0.29, 0.717) is 10.7 Å². The molecule has 0 spiro atoms. The van der Waals surface area contributed by atoms with Gasteiger partial charge in [-0.05, 0) is 30.3 Å². The van der Waals surface area contributed by atoms with Gasteiger partial charge in [0.25, 0.3) is 10.0 Å². The summed E-state index contributed by atoms with van der Waals surface area (Å²) in [5.74, 6) is 0. The van der Waals surface area contributed by atoms with Crippen molar-refractivity contribution in [3.8, 4) is 10.6 Å². The van der Waals surface area contributed by atoms with Crippen molar-refractivity contribution in [1.29, 1.82) is 0 Å². The largest absolute Gasteiger partial charge is 0.277 e. The lowest BCUT2D eigenvalue weighted by Crippen LogP contribution is -2.11. The topological polar surface area (TPSA) is 74.8 Å². The predicted molar refractivity (Wildman–Crippen MR) is 84.2 cm³/mol. The van der Waals surface area contributed by atoms with Gasteiger partial charge in [0.2, 0.25) is 0 Å². The minimum Gasteiger partial charge on any atom is -0.277 e. The first-order valence-electron chi connectivity index (χ1n) is 5.93. The van der Waals surface area contributed by atoms with Gasteiger partial charge in [0, 0.05) is 6.20 Å². The molecule has 0 aliphatic carbocycles. The second kappa shape index (κ2) is 5.51. The van der Waals surface area contributed by atoms with Crippen LogP contribution in [0.1, 0.15) is 0 Å². The number of benzene rings is 1. The lowest BCUT2D eigenvalue weighted by molar-refractivity contribution is 0.603. The molecule has 0 saturated heterocycles. The highest BCUT2D eigenvalue weighted by Gasteiger charge is 2.18. The van der Waals surface area contributed by atoms with Gasteiger partial charge in [0.15, 0.2) is 0 Å². The fourth-order valence-corrected chi connectivity index (χ4v) is 4.34. The number of aromatic amines is 1. The van der Waals surface area contributed by atoms with E-state index in [9.17, 15) is 8.42 Å². The maximum Gasteiger partial charge on any atom is 0.271 e. The average molecular weight is 340 g/mol. The molecule has 0 fully saturated rings. The predicted octanol–water partition coefficient (Wildman–Crippen LogP) is 3.59. The zero-order chi connectivity index (χ0) is 14.9. The molecule has 2 aromatic heterocycles. The molecule has 2 heterocycles. The van der Waals surface area contributed by atoms with Gasteiger partial charge in [-0.15, -0.1) is 11.3 Å². The number of halogens is 1. The van der Waals surface area contributed by atoms with Crippen LogP contribution >= 0.6 is 22.9 Å². The number of anilines is 1. The lowest BCUT2D eigenvalue weighted by Gasteiger charge is -2.07. The van der Waals surface area contributed by atoms with Crippen molar-refractivity contribution < 1.29 is 8.42 Å². The highest BCUT2D eigenvalue weighted by Crippen LogP contribution is 2.31. The fourth-order valence-electron chi connectivity index (χ4n) is 1.74. The van der Waals surface area contributed by atoms with Crippen molar-refractivity contribution in [3.63, 3.8) is 0 Å². The van der Waals surface area contributed by atoms with Crippen molar-refractivity contribution in [1.82, 2.24) is 10.2 Å². The van der Waals surface area contributed by atoms with Crippen LogP contribution in [0, 0.1) is 0 Å². The van der Waals surface area contributed by atoms with Crippen molar-refractivity contribution in [2.24, 2.45) is 0 Å². The van der Waals surface area contributed by atoms with Gasteiger partial charge in [-0.2, -0.15) is 5.10 Å². The van der Waals surface area contributed by atoms with E-state index in [1.807, 2.05) is 0 Å². The van der Waals surface area contributed by atoms with E-state index in [1.54, 1.807) is 48.7 Å². The van der Waals surface area contributed by atoms with Gasteiger partial charge in [-0.1, -0.05) is 23.7 Å². The van der Waals surface area contributed by atoms with Gasteiger partial charge in [-0.25, -0.2) is 8.42 Å². The third-order valence-corrected chi connectivity index (χ3v) is 6.04. The van der Waals surface area contributed by atoms with Crippen molar-refractivity contribution in [2.75, 3.05) is 4.72 Å². The molecule has 0 bridgehead atoms. The van der Waals surface area contributed by atoms with E-state index < -0.39 is 10.0 Å². The Hall–Kier alpha value is -1.83. The quantitative estimate of drug-likeness (QED) is 0.762. The van der Waals surface area contributed by atoms with Gasteiger partial charge >= 0.3 is 0 Å². The maximum absolute atomic E-state index is 12.4. The third kappa shape index (κ3) is 2.94. The van der Waals surface area contributed by atoms with Crippen LogP contribution in [-0.4, -0.2) is 18.6 Å². The number of hydrogen-bond donors (Lipinski definition) is 2. The molecule has 1 aromatic carbocycles. The SMILES string of the molecule is O=S(=O)(Nc1ccccc1Cl)c1ccc(-c2ccn[nH]2)s1. The molecule has 0 radical (unpaired) electrons. The summed E-state index contributed by atoms with van der Waals surface area (Å²) in [6, 6.07) is 11.8. The van der Waals surface area contributed by atoms with Crippen LogP contribution in [0.4, 0.5) is 5.69 Å². The molecular formula is C13H10ClN3O2S2. The molecule has 21 heavy (non-hydrogen) atoms. The van der Waals surface area contributed by atoms with Gasteiger partial charge in [-0.3, -0.25) is 9.82 Å². The molecule has 0 atom stereocenters. The Morgan fingerprint density at radius 3 is 2.67 bits per heavy atom. The second-order valence-corrected chi connectivity index (χ2v) is 7.57. The van der Waals surface area contributed by atoms with Crippen LogP contribution in [0.15, 0.2) is 52.9 Å². The van der Waals surface area contributed by atoms with Gasteiger partial charge in [0.1, 0.15) is 4.21 Å². The number of para-hydroxylation sites is 1. The van der Waals surface area contributed by atoms with Crippen LogP contribution in [0.5, 0.6) is 0 Å². The van der Waals surface area contributed by atoms with E-state index in [2.05, 4.69) is 14.9 Å². The van der Waals surface area contributed by atoms with Gasteiger partial charge in [0.05, 0.1) is 21.3 Å². The van der Waals surface area contributed by atoms with Crippen molar-refractivity contribution >= 4 is 38.6 Å². The average Bonchev–Trinajstić information content (AvgIpc) is 3.11. The Kier molecular flexibility index (Phi) is 3.71. The van der Waals surface area contributed by atoms with Gasteiger partial charge < -0.3 is 0 Å². The molecule has 3 aromatic rings. The van der Waals surface area contributed by atoms with Crippen LogP contribution in [0.25, 0.3) is 10.6 Å². The first-order valence-corrected chi connectivity index (χ1v) is 8.61. The Morgan fingerprint density at radius 2 is 1.95 bits per heavy atom. The smallest absolute Gasteiger partial charge is 0.271 e. The number of H-pyrrole nitrogens is 1. The standard InChI is InChI=1S/C13H10ClN3O2S2/c14-9-3-1-2-4-10(9)17-21(18,19)13-6-5-12(20-13)11-7-8-15-16-11/h1-8,17H,(H,15,16). The number of nitrogens with one attached hydrogen (secondary N) is 2. The van der Waals surface area contributed by atoms with Crippen LogP contribution in [0.3, 0.4) is 0 Å². The Bertz CT molecular complexity index is 857. The molecule has 0 saturated carbocycles. The minimum absolute atomic E-state index is 0.215. The second-order valence-electron chi connectivity index (χ2n) is 4.17. The lowest BCUT2D eigenvalue weighted by atomic mass is 10.3. The normalized spacial score (nSPS) is 11.5. The molecular weight excluding hydrogens is 330 g/mol. The monoisotopic (exact) mass is 339 g/mol. The number of nitrogens with zero attached hydrogens (tertiary/aromatic N) is 1. The van der Waals surface area contributed by atoms with Crippen molar-refractivity contribution in [3.05, 3.63) is 53.7 Å². The van der Waals surface area contributed by atoms with E-state index in [4.69, 9.17) is 11.6 Å². The fraction of sp³-hybridized carbons (Fsp3) is 0. The van der Waals surface area contributed by atoms with Crippen LogP contribution < -0.4 is 4.72 Å². The third-order valence-electron chi connectivity index (χ3n) is 2.73. The summed E-state index contributed by atoms with van der Waals surface area (Å²) in [4.78, 5) is 0.798. The number of aromatic nitrogens is 2. The van der Waals surface area contributed by atoms with E-state index >= 15 is 0 Å². The number of rotatable bonds is 4. The summed E-state index contributed by atoms with van der Waals surface area (Å²) in [5.41, 5.74) is 1.13. The molecule has 8 heteroatoms. The molecule has 3 rings (SSSR count). The number of sulfonamides is 1. The summed E-state index contributed by atoms with van der Waals surface area (Å²) in [6.45, 7) is 0. The molecule has 0 amide bonds. The first kappa shape index (κ1) is 14.1. The zero-order valence-electron chi connectivity index (χ0n) is 10.6. The zero-order valence-corrected chi connectivity index (χ0v) is 13.0. The minimum atomic E-state index is -3.66. The maximum atomic E-state index is 12.4. The van der Waals surface area contributed by atoms with E-state index in [0.717, 1.165) is 21.9 Å². The van der Waals surface area contributed by atoms with E-state index in [1.165, 1.54) is 0 Å². The van der Waals surface area contributed by atoms with Crippen LogP contribution in [-0.2, 0) is 10.0 Å². The molecule has 2 N–H and O–H groups in total. The molecule has 108 valence electrons. The number of thiophene rings is 1. The molecule has 5 nitrogen and oxygen atoms in total. The molecule has 0 unspecified atom stereocenters. The summed E-state index contributed by atoms with van der Waals surface area (Å²) in [7, 11) is -3.66. The summed E-state index contributed by atoms with van der Waals surface area (Å²) < 4.78 is 27.4. The van der Waals surface area contributed by atoms with E-state index in [-0.39, 0.29) is 4.21 Å². The Morgan fingerprint density at radius 1 is 1.14 bits per heavy atom. The number of hydrogen-bond acceptors (Lipinski definition) is 4. The first-order chi connectivity index (χ1) is 10.1. The molecule has 0 aliphatic heterocycles. The summed E-state index contributed by atoms with van der Waals surface area (Å²) in [5, 5.41) is 7.00. The molecule has 0 aliphatic rings. The summed E-state index contributed by atoms with van der Waals surface area (Å²) >= 11 is 7.13. The van der Waals surface area contributed by atoms with Crippen LogP contribution in [0.2, 0.25) is 5.02 Å². The van der Waals surface area contributed by atoms with Crippen molar-refractivity contribution in [2.45, 2.75) is 4.21 Å². The summed E-state index contributed by atoms with van der Waals surface area (Å²) in [6.07, 6.45) is 1.62.